The number of fused-ring (bicyclic) bond motifs is 1. The summed E-state index contributed by atoms with van der Waals surface area (Å²) in [5, 5.41) is 6.69. The molecule has 1 heterocycles. The van der Waals surface area contributed by atoms with Crippen molar-refractivity contribution < 1.29 is 4.74 Å². The lowest BCUT2D eigenvalue weighted by atomic mass is 10.0. The summed E-state index contributed by atoms with van der Waals surface area (Å²) < 4.78 is 5.82. The molecule has 0 aliphatic carbocycles. The first-order valence-electron chi connectivity index (χ1n) is 9.84. The number of benzene rings is 3. The van der Waals surface area contributed by atoms with Crippen molar-refractivity contribution in [2.45, 2.75) is 6.92 Å². The summed E-state index contributed by atoms with van der Waals surface area (Å²) in [6.07, 6.45) is 3.51. The molecule has 0 aliphatic heterocycles. The van der Waals surface area contributed by atoms with E-state index >= 15 is 0 Å². The molecule has 1 aromatic heterocycles. The molecule has 0 saturated heterocycles. The van der Waals surface area contributed by atoms with E-state index in [2.05, 4.69) is 38.7 Å². The van der Waals surface area contributed by atoms with Gasteiger partial charge in [0, 0.05) is 11.8 Å². The molecule has 4 rings (SSSR count). The molecule has 0 unspecified atom stereocenters. The average Bonchev–Trinajstić information content (AvgIpc) is 2.81. The number of hydrogen-bond donors (Lipinski definition) is 1. The van der Waals surface area contributed by atoms with Crippen LogP contribution in [0.2, 0.25) is 0 Å². The average molecular weight is 394 g/mol. The molecule has 0 bridgehead atoms. The van der Waals surface area contributed by atoms with Gasteiger partial charge in [-0.15, -0.1) is 0 Å². The second-order valence-electron chi connectivity index (χ2n) is 6.51. The van der Waals surface area contributed by atoms with Crippen LogP contribution in [0.25, 0.3) is 10.8 Å². The summed E-state index contributed by atoms with van der Waals surface area (Å²) >= 11 is 0. The molecule has 4 aromatic rings. The Morgan fingerprint density at radius 1 is 0.933 bits per heavy atom. The molecule has 5 heteroatoms. The third kappa shape index (κ3) is 4.52. The Morgan fingerprint density at radius 3 is 2.53 bits per heavy atom. The van der Waals surface area contributed by atoms with Gasteiger partial charge in [-0.05, 0) is 48.0 Å². The Hall–Kier alpha value is -3.99. The van der Waals surface area contributed by atoms with Crippen LogP contribution in [-0.2, 0) is 0 Å². The number of nitrogens with one attached hydrogen (secondary N) is 1. The standard InChI is InChI=1S/C25H22N4O/c1-2-30-24-16-15-19-10-6-7-13-21(19)22(24)18-27-29-25(23-14-8-9-17-26-23)28-20-11-4-3-5-12-20/h3-18H,2H2,1H3,(H,28,29). The van der Waals surface area contributed by atoms with Crippen LogP contribution in [0.3, 0.4) is 0 Å². The van der Waals surface area contributed by atoms with Crippen LogP contribution >= 0.6 is 0 Å². The van der Waals surface area contributed by atoms with Gasteiger partial charge >= 0.3 is 0 Å². The minimum Gasteiger partial charge on any atom is -0.493 e. The fraction of sp³-hybridized carbons (Fsp3) is 0.0800. The highest BCUT2D eigenvalue weighted by molar-refractivity contribution is 6.03. The van der Waals surface area contributed by atoms with Crippen molar-refractivity contribution in [3.63, 3.8) is 0 Å². The van der Waals surface area contributed by atoms with Crippen molar-refractivity contribution in [1.29, 1.82) is 0 Å². The van der Waals surface area contributed by atoms with Crippen LogP contribution in [0, 0.1) is 0 Å². The molecule has 0 atom stereocenters. The number of aromatic nitrogens is 1. The van der Waals surface area contributed by atoms with Crippen LogP contribution in [-0.4, -0.2) is 23.6 Å². The Bertz CT molecular complexity index is 1170. The third-order valence-corrected chi connectivity index (χ3v) is 4.50. The van der Waals surface area contributed by atoms with E-state index in [1.54, 1.807) is 12.4 Å². The third-order valence-electron chi connectivity index (χ3n) is 4.50. The molecule has 0 saturated carbocycles. The van der Waals surface area contributed by atoms with Crippen LogP contribution in [0.1, 0.15) is 18.2 Å². The number of ether oxygens (including phenoxy) is 1. The summed E-state index contributed by atoms with van der Waals surface area (Å²) in [5.41, 5.74) is 5.52. The largest absolute Gasteiger partial charge is 0.493 e. The van der Waals surface area contributed by atoms with E-state index in [1.807, 2.05) is 73.7 Å². The number of pyridine rings is 1. The van der Waals surface area contributed by atoms with E-state index in [9.17, 15) is 0 Å². The second kappa shape index (κ2) is 9.47. The maximum absolute atomic E-state index is 5.82. The maximum atomic E-state index is 5.82. The predicted molar refractivity (Wildman–Crippen MR) is 123 cm³/mol. The first-order valence-corrected chi connectivity index (χ1v) is 9.84. The number of amidine groups is 1. The van der Waals surface area contributed by atoms with E-state index < -0.39 is 0 Å². The zero-order valence-corrected chi connectivity index (χ0v) is 16.7. The normalized spacial score (nSPS) is 11.7. The molecular formula is C25H22N4O. The van der Waals surface area contributed by atoms with E-state index in [0.29, 0.717) is 18.1 Å². The molecule has 3 aromatic carbocycles. The second-order valence-corrected chi connectivity index (χ2v) is 6.51. The number of hydrogen-bond acceptors (Lipinski definition) is 4. The lowest BCUT2D eigenvalue weighted by Crippen LogP contribution is -2.20. The molecule has 0 radical (unpaired) electrons. The zero-order valence-electron chi connectivity index (χ0n) is 16.7. The van der Waals surface area contributed by atoms with Crippen molar-refractivity contribution in [1.82, 2.24) is 10.4 Å². The highest BCUT2D eigenvalue weighted by Gasteiger charge is 2.08. The van der Waals surface area contributed by atoms with Crippen LogP contribution in [0.4, 0.5) is 5.69 Å². The van der Waals surface area contributed by atoms with Crippen LogP contribution < -0.4 is 10.2 Å². The van der Waals surface area contributed by atoms with Gasteiger partial charge in [0.2, 0.25) is 0 Å². The Balaban J connectivity index is 1.69. The van der Waals surface area contributed by atoms with Crippen molar-refractivity contribution >= 4 is 28.5 Å². The fourth-order valence-electron chi connectivity index (χ4n) is 3.12. The van der Waals surface area contributed by atoms with Crippen LogP contribution in [0.15, 0.2) is 101 Å². The highest BCUT2D eigenvalue weighted by atomic mass is 16.5. The summed E-state index contributed by atoms with van der Waals surface area (Å²) in [5.74, 6) is 1.36. The molecular weight excluding hydrogens is 372 g/mol. The van der Waals surface area contributed by atoms with E-state index in [-0.39, 0.29) is 0 Å². The zero-order chi connectivity index (χ0) is 20.6. The Labute approximate surface area is 175 Å². The minimum absolute atomic E-state index is 0.566. The maximum Gasteiger partial charge on any atom is 0.172 e. The number of para-hydroxylation sites is 1. The van der Waals surface area contributed by atoms with Gasteiger partial charge in [-0.1, -0.05) is 54.6 Å². The van der Waals surface area contributed by atoms with Crippen molar-refractivity contribution in [3.05, 3.63) is 102 Å². The number of hydrazone groups is 1. The lowest BCUT2D eigenvalue weighted by Gasteiger charge is -2.10. The number of aliphatic imine (C=N–C) groups is 1. The quantitative estimate of drug-likeness (QED) is 0.273. The smallest absolute Gasteiger partial charge is 0.172 e. The Morgan fingerprint density at radius 2 is 1.73 bits per heavy atom. The lowest BCUT2D eigenvalue weighted by molar-refractivity contribution is 0.340. The molecule has 30 heavy (non-hydrogen) atoms. The Kier molecular flexibility index (Phi) is 6.11. The monoisotopic (exact) mass is 394 g/mol. The summed E-state index contributed by atoms with van der Waals surface area (Å²) in [6.45, 7) is 2.56. The van der Waals surface area contributed by atoms with Gasteiger partial charge in [-0.3, -0.25) is 10.4 Å². The van der Waals surface area contributed by atoms with Crippen molar-refractivity contribution in [2.24, 2.45) is 10.1 Å². The van der Waals surface area contributed by atoms with Gasteiger partial charge in [-0.25, -0.2) is 4.99 Å². The van der Waals surface area contributed by atoms with Gasteiger partial charge in [0.25, 0.3) is 0 Å². The van der Waals surface area contributed by atoms with Crippen molar-refractivity contribution in [2.75, 3.05) is 6.61 Å². The van der Waals surface area contributed by atoms with Gasteiger partial charge in [0.05, 0.1) is 18.5 Å². The SMILES string of the molecule is CCOc1ccc2ccccc2c1C=NNC(=Nc1ccccc1)c1ccccn1. The minimum atomic E-state index is 0.566. The molecule has 0 aliphatic rings. The van der Waals surface area contributed by atoms with Gasteiger partial charge in [-0.2, -0.15) is 5.10 Å². The van der Waals surface area contributed by atoms with E-state index in [0.717, 1.165) is 27.8 Å². The first-order chi connectivity index (χ1) is 14.8. The summed E-state index contributed by atoms with van der Waals surface area (Å²) in [4.78, 5) is 9.09. The molecule has 148 valence electrons. The molecule has 0 spiro atoms. The molecule has 0 fully saturated rings. The first kappa shape index (κ1) is 19.3. The summed E-state index contributed by atoms with van der Waals surface area (Å²) in [7, 11) is 0. The van der Waals surface area contributed by atoms with Crippen molar-refractivity contribution in [3.8, 4) is 5.75 Å². The molecule has 5 nitrogen and oxygen atoms in total. The summed E-state index contributed by atoms with van der Waals surface area (Å²) in [6, 6.07) is 27.6. The highest BCUT2D eigenvalue weighted by Crippen LogP contribution is 2.26. The fourth-order valence-corrected chi connectivity index (χ4v) is 3.12. The van der Waals surface area contributed by atoms with Crippen LogP contribution in [0.5, 0.6) is 5.75 Å². The number of rotatable bonds is 6. The van der Waals surface area contributed by atoms with E-state index in [4.69, 9.17) is 4.74 Å². The number of nitrogens with zero attached hydrogens (tertiary/aromatic N) is 3. The van der Waals surface area contributed by atoms with Gasteiger partial charge in [0.15, 0.2) is 5.84 Å². The molecule has 0 amide bonds. The van der Waals surface area contributed by atoms with Gasteiger partial charge in [0.1, 0.15) is 11.4 Å². The topological polar surface area (TPSA) is 58.9 Å². The predicted octanol–water partition coefficient (Wildman–Crippen LogP) is 5.34. The van der Waals surface area contributed by atoms with E-state index in [1.165, 1.54) is 0 Å². The van der Waals surface area contributed by atoms with Gasteiger partial charge < -0.3 is 4.74 Å². The molecule has 1 N–H and O–H groups in total.